The maximum atomic E-state index is 3.47. The van der Waals surface area contributed by atoms with Gasteiger partial charge >= 0.3 is 0 Å². The summed E-state index contributed by atoms with van der Waals surface area (Å²) in [4.78, 5) is 2.39. The molecule has 3 heteroatoms. The third-order valence-corrected chi connectivity index (χ3v) is 8.34. The quantitative estimate of drug-likeness (QED) is 0.110. The third-order valence-electron chi connectivity index (χ3n) is 8.34. The fraction of sp³-hybridized carbons (Fsp3) is 0.171. The second kappa shape index (κ2) is 14.6. The molecule has 2 nitrogen and oxygen atoms in total. The first-order chi connectivity index (χ1) is 21.8. The van der Waals surface area contributed by atoms with Gasteiger partial charge in [0.1, 0.15) is 7.28 Å². The van der Waals surface area contributed by atoms with Crippen molar-refractivity contribution in [2.24, 2.45) is 0 Å². The number of nitrogens with one attached hydrogen (secondary N) is 1. The van der Waals surface area contributed by atoms with Crippen LogP contribution in [0.2, 0.25) is 13.1 Å². The van der Waals surface area contributed by atoms with Crippen LogP contribution in [0.25, 0.3) is 21.9 Å². The number of fused-ring (bicyclic) bond motifs is 1. The van der Waals surface area contributed by atoms with Gasteiger partial charge in [0.05, 0.1) is 5.69 Å². The van der Waals surface area contributed by atoms with Crippen molar-refractivity contribution < 1.29 is 0 Å². The van der Waals surface area contributed by atoms with Crippen LogP contribution in [0.3, 0.4) is 0 Å². The Morgan fingerprint density at radius 2 is 1.07 bits per heavy atom. The monoisotopic (exact) mass is 571 g/mol. The van der Waals surface area contributed by atoms with Crippen LogP contribution in [0.5, 0.6) is 0 Å². The molecular weight excluding hydrogens is 531 g/mol. The van der Waals surface area contributed by atoms with E-state index in [1.807, 2.05) is 18.2 Å². The zero-order chi connectivity index (χ0) is 30.0. The van der Waals surface area contributed by atoms with E-state index in [9.17, 15) is 0 Å². The maximum Gasteiger partial charge on any atom is 0.105 e. The van der Waals surface area contributed by atoms with E-state index in [0.29, 0.717) is 0 Å². The van der Waals surface area contributed by atoms with E-state index in [1.54, 1.807) is 0 Å². The molecule has 0 saturated carbocycles. The molecule has 0 aliphatic carbocycles. The first-order valence-electron chi connectivity index (χ1n) is 16.0. The lowest BCUT2D eigenvalue weighted by Crippen LogP contribution is -2.10. The summed E-state index contributed by atoms with van der Waals surface area (Å²) in [6.07, 6.45) is 7.49. The maximum absolute atomic E-state index is 3.47. The second-order valence-electron chi connectivity index (χ2n) is 11.4. The molecule has 0 fully saturated rings. The van der Waals surface area contributed by atoms with Gasteiger partial charge < -0.3 is 10.2 Å². The van der Waals surface area contributed by atoms with Gasteiger partial charge in [-0.25, -0.2) is 0 Å². The van der Waals surface area contributed by atoms with Crippen LogP contribution < -0.4 is 10.2 Å². The summed E-state index contributed by atoms with van der Waals surface area (Å²) >= 11 is 0. The van der Waals surface area contributed by atoms with Crippen molar-refractivity contribution >= 4 is 46.5 Å². The van der Waals surface area contributed by atoms with Crippen molar-refractivity contribution in [1.29, 1.82) is 0 Å². The minimum atomic E-state index is 1.08. The van der Waals surface area contributed by atoms with Gasteiger partial charge in [-0.05, 0) is 89.5 Å². The third kappa shape index (κ3) is 7.06. The summed E-state index contributed by atoms with van der Waals surface area (Å²) in [5.74, 6) is 0. The summed E-state index contributed by atoms with van der Waals surface area (Å²) in [5, 5.41) is 6.12. The van der Waals surface area contributed by atoms with Gasteiger partial charge in [-0.1, -0.05) is 123 Å². The van der Waals surface area contributed by atoms with Gasteiger partial charge in [0, 0.05) is 28.1 Å². The van der Waals surface area contributed by atoms with Crippen LogP contribution in [0.4, 0.5) is 28.4 Å². The molecule has 0 atom stereocenters. The van der Waals surface area contributed by atoms with Crippen LogP contribution >= 0.6 is 0 Å². The molecule has 0 aromatic heterocycles. The highest BCUT2D eigenvalue weighted by molar-refractivity contribution is 6.33. The van der Waals surface area contributed by atoms with E-state index in [-0.39, 0.29) is 0 Å². The molecule has 217 valence electrons. The number of hydrogen-bond donors (Lipinski definition) is 1. The molecule has 0 bridgehead atoms. The number of anilines is 5. The van der Waals surface area contributed by atoms with Crippen LogP contribution in [0.1, 0.15) is 31.2 Å². The Labute approximate surface area is 263 Å². The summed E-state index contributed by atoms with van der Waals surface area (Å²) in [6, 6.07) is 52.2. The molecule has 6 aromatic carbocycles. The molecule has 6 aromatic rings. The Morgan fingerprint density at radius 1 is 0.500 bits per heavy atom. The van der Waals surface area contributed by atoms with Crippen molar-refractivity contribution in [3.63, 3.8) is 0 Å². The van der Waals surface area contributed by atoms with E-state index in [1.165, 1.54) is 65.2 Å². The van der Waals surface area contributed by atoms with E-state index >= 15 is 0 Å². The van der Waals surface area contributed by atoms with E-state index in [2.05, 4.69) is 152 Å². The molecule has 6 rings (SSSR count). The van der Waals surface area contributed by atoms with Crippen LogP contribution in [0.15, 0.2) is 146 Å². The van der Waals surface area contributed by atoms with Crippen molar-refractivity contribution in [2.75, 3.05) is 10.2 Å². The van der Waals surface area contributed by atoms with Gasteiger partial charge in [0.2, 0.25) is 0 Å². The zero-order valence-corrected chi connectivity index (χ0v) is 25.6. The Morgan fingerprint density at radius 3 is 1.77 bits per heavy atom. The lowest BCUT2D eigenvalue weighted by Gasteiger charge is -2.27. The van der Waals surface area contributed by atoms with Crippen LogP contribution in [-0.2, 0) is 6.42 Å². The lowest BCUT2D eigenvalue weighted by atomic mass is 9.76. The van der Waals surface area contributed by atoms with Crippen molar-refractivity contribution in [3.05, 3.63) is 151 Å². The zero-order valence-electron chi connectivity index (χ0n) is 25.6. The van der Waals surface area contributed by atoms with E-state index in [0.717, 1.165) is 29.2 Å². The van der Waals surface area contributed by atoms with Crippen molar-refractivity contribution in [3.8, 4) is 11.1 Å². The Balaban J connectivity index is 1.27. The summed E-state index contributed by atoms with van der Waals surface area (Å²) in [5.41, 5.74) is 9.52. The Hall–Kier alpha value is -4.76. The molecule has 0 saturated heterocycles. The second-order valence-corrected chi connectivity index (χ2v) is 11.4. The predicted molar refractivity (Wildman–Crippen MR) is 192 cm³/mol. The lowest BCUT2D eigenvalue weighted by molar-refractivity contribution is 0.667. The highest BCUT2D eigenvalue weighted by Crippen LogP contribution is 2.40. The summed E-state index contributed by atoms with van der Waals surface area (Å²) in [7, 11) is 2.28. The topological polar surface area (TPSA) is 15.3 Å². The van der Waals surface area contributed by atoms with E-state index < -0.39 is 0 Å². The summed E-state index contributed by atoms with van der Waals surface area (Å²) < 4.78 is 0. The highest BCUT2D eigenvalue weighted by atomic mass is 15.1. The molecular formula is C41H40BN2. The Bertz CT molecular complexity index is 1750. The molecule has 0 aliphatic heterocycles. The largest absolute Gasteiger partial charge is 0.356 e. The number of para-hydroxylation sites is 2. The molecule has 0 heterocycles. The van der Waals surface area contributed by atoms with Gasteiger partial charge in [-0.3, -0.25) is 0 Å². The normalized spacial score (nSPS) is 10.9. The SMILES string of the molecule is C[B]CCCCCCc1ccc(N(c2ccccc2)c2ccc(-c3ccc(Nc4ccccc4)cc3)cc2)c2ccccc12. The average Bonchev–Trinajstić information content (AvgIpc) is 3.09. The summed E-state index contributed by atoms with van der Waals surface area (Å²) in [6.45, 7) is 2.16. The number of unbranched alkanes of at least 4 members (excludes halogenated alkanes) is 3. The minimum absolute atomic E-state index is 1.08. The van der Waals surface area contributed by atoms with Gasteiger partial charge in [-0.15, -0.1) is 0 Å². The van der Waals surface area contributed by atoms with Crippen molar-refractivity contribution in [2.45, 2.75) is 45.2 Å². The van der Waals surface area contributed by atoms with Crippen LogP contribution in [-0.4, -0.2) is 7.28 Å². The molecule has 0 aliphatic rings. The molecule has 1 N–H and O–H groups in total. The molecule has 0 unspecified atom stereocenters. The fourth-order valence-electron chi connectivity index (χ4n) is 6.02. The first kappa shape index (κ1) is 29.3. The number of benzene rings is 6. The number of nitrogens with zero attached hydrogens (tertiary/aromatic N) is 1. The molecule has 1 radical (unpaired) electrons. The van der Waals surface area contributed by atoms with Gasteiger partial charge in [-0.2, -0.15) is 0 Å². The van der Waals surface area contributed by atoms with E-state index in [4.69, 9.17) is 0 Å². The smallest absolute Gasteiger partial charge is 0.105 e. The first-order valence-corrected chi connectivity index (χ1v) is 16.0. The van der Waals surface area contributed by atoms with Crippen LogP contribution in [0, 0.1) is 0 Å². The average molecular weight is 572 g/mol. The van der Waals surface area contributed by atoms with Gasteiger partial charge in [0.25, 0.3) is 0 Å². The number of hydrogen-bond acceptors (Lipinski definition) is 2. The van der Waals surface area contributed by atoms with Crippen molar-refractivity contribution in [1.82, 2.24) is 0 Å². The highest BCUT2D eigenvalue weighted by Gasteiger charge is 2.16. The van der Waals surface area contributed by atoms with Gasteiger partial charge in [0.15, 0.2) is 0 Å². The molecule has 44 heavy (non-hydrogen) atoms. The fourth-order valence-corrected chi connectivity index (χ4v) is 6.02. The Kier molecular flexibility index (Phi) is 9.74. The molecule has 0 spiro atoms. The predicted octanol–water partition coefficient (Wildman–Crippen LogP) is 12.0. The standard InChI is InChI=1S/C41H40BN2/c1-42-31-13-3-2-6-14-34-25-30-41(40-20-12-11-19-39(34)40)44(37-17-9-5-10-18-37)38-28-23-33(24-29-38)32-21-26-36(27-22-32)43-35-15-7-4-8-16-35/h4-5,7-12,15-30,43H,2-3,6,13-14,31H2,1H3. The molecule has 0 amide bonds. The number of rotatable bonds is 13. The number of aryl methyl sites for hydroxylation is 1. The minimum Gasteiger partial charge on any atom is -0.356 e.